The number of hydrogen-bond donors (Lipinski definition) is 0. The second kappa shape index (κ2) is 2.22. The summed E-state index contributed by atoms with van der Waals surface area (Å²) in [4.78, 5) is 23.2. The molecule has 0 aromatic heterocycles. The Bertz CT molecular complexity index is 214. The van der Waals surface area contributed by atoms with Crippen LogP contribution in [0.25, 0.3) is 0 Å². The topological polar surface area (TPSA) is 46.6 Å². The number of carbonyl (C=O) groups is 2. The minimum Gasteiger partial charge on any atom is -0.434 e. The van der Waals surface area contributed by atoms with Crippen molar-refractivity contribution in [3.63, 3.8) is 0 Å². The number of piperidine rings is 1. The minimum atomic E-state index is -0.683. The number of esters is 1. The summed E-state index contributed by atoms with van der Waals surface area (Å²) in [6, 6.07) is 0. The number of rotatable bonds is 0. The van der Waals surface area contributed by atoms with Gasteiger partial charge in [-0.2, -0.15) is 0 Å². The summed E-state index contributed by atoms with van der Waals surface area (Å²) in [6.07, 6.45) is 2.58. The molecule has 2 fully saturated rings. The van der Waals surface area contributed by atoms with E-state index in [-0.39, 0.29) is 6.23 Å². The van der Waals surface area contributed by atoms with E-state index in [1.807, 2.05) is 0 Å². The third-order valence-electron chi connectivity index (χ3n) is 2.13. The van der Waals surface area contributed by atoms with Crippen LogP contribution in [0.3, 0.4) is 0 Å². The van der Waals surface area contributed by atoms with Crippen molar-refractivity contribution in [3.8, 4) is 0 Å². The Morgan fingerprint density at radius 3 is 2.91 bits per heavy atom. The van der Waals surface area contributed by atoms with Gasteiger partial charge in [0.25, 0.3) is 0 Å². The number of ether oxygens (including phenoxy) is 1. The third kappa shape index (κ3) is 0.895. The molecule has 0 bridgehead atoms. The van der Waals surface area contributed by atoms with Gasteiger partial charge in [-0.3, -0.25) is 9.69 Å². The molecule has 2 rings (SSSR count). The molecule has 4 nitrogen and oxygen atoms in total. The van der Waals surface area contributed by atoms with E-state index < -0.39 is 11.9 Å². The van der Waals surface area contributed by atoms with Gasteiger partial charge >= 0.3 is 11.9 Å². The molecule has 1 amide bonds. The van der Waals surface area contributed by atoms with Crippen LogP contribution in [0.2, 0.25) is 0 Å². The van der Waals surface area contributed by atoms with E-state index in [1.165, 1.54) is 4.90 Å². The molecule has 0 saturated carbocycles. The van der Waals surface area contributed by atoms with Crippen molar-refractivity contribution in [2.75, 3.05) is 6.54 Å². The number of carbonyl (C=O) groups excluding carboxylic acids is 2. The van der Waals surface area contributed by atoms with Gasteiger partial charge in [-0.25, -0.2) is 4.79 Å². The molecule has 60 valence electrons. The lowest BCUT2D eigenvalue weighted by Crippen LogP contribution is -2.37. The summed E-state index contributed by atoms with van der Waals surface area (Å²) >= 11 is 0. The van der Waals surface area contributed by atoms with E-state index in [4.69, 9.17) is 4.74 Å². The van der Waals surface area contributed by atoms with Gasteiger partial charge in [0, 0.05) is 13.0 Å². The Balaban J connectivity index is 2.18. The minimum absolute atomic E-state index is 0.247. The van der Waals surface area contributed by atoms with Gasteiger partial charge in [-0.1, -0.05) is 0 Å². The van der Waals surface area contributed by atoms with E-state index in [0.717, 1.165) is 19.3 Å². The van der Waals surface area contributed by atoms with Gasteiger partial charge in [0.05, 0.1) is 0 Å². The molecule has 0 radical (unpaired) electrons. The zero-order chi connectivity index (χ0) is 7.84. The first-order chi connectivity index (χ1) is 5.29. The molecule has 1 atom stereocenters. The van der Waals surface area contributed by atoms with Gasteiger partial charge in [0.2, 0.25) is 0 Å². The summed E-state index contributed by atoms with van der Waals surface area (Å²) in [6.45, 7) is 0.676. The van der Waals surface area contributed by atoms with E-state index in [2.05, 4.69) is 0 Å². The number of fused-ring (bicyclic) bond motifs is 1. The van der Waals surface area contributed by atoms with E-state index in [0.29, 0.717) is 6.54 Å². The molecular formula is C7H9NO3. The van der Waals surface area contributed by atoms with Crippen LogP contribution in [0.1, 0.15) is 19.3 Å². The molecule has 4 heteroatoms. The third-order valence-corrected chi connectivity index (χ3v) is 2.13. The standard InChI is InChI=1S/C7H9NO3/c9-6-7(10)11-5-3-1-2-4-8(5)6/h5H,1-4H2. The monoisotopic (exact) mass is 155 g/mol. The molecule has 11 heavy (non-hydrogen) atoms. The Morgan fingerprint density at radius 2 is 2.18 bits per heavy atom. The van der Waals surface area contributed by atoms with Crippen molar-refractivity contribution in [2.45, 2.75) is 25.5 Å². The molecular weight excluding hydrogens is 146 g/mol. The first-order valence-electron chi connectivity index (χ1n) is 3.80. The normalized spacial score (nSPS) is 30.2. The van der Waals surface area contributed by atoms with E-state index in [9.17, 15) is 9.59 Å². The van der Waals surface area contributed by atoms with Gasteiger partial charge in [-0.15, -0.1) is 0 Å². The molecule has 0 aromatic rings. The van der Waals surface area contributed by atoms with Crippen LogP contribution in [0, 0.1) is 0 Å². The maximum Gasteiger partial charge on any atom is 0.399 e. The fourth-order valence-corrected chi connectivity index (χ4v) is 1.55. The first kappa shape index (κ1) is 6.64. The second-order valence-corrected chi connectivity index (χ2v) is 2.85. The van der Waals surface area contributed by atoms with Gasteiger partial charge in [0.1, 0.15) is 0 Å². The van der Waals surface area contributed by atoms with Crippen molar-refractivity contribution < 1.29 is 14.3 Å². The van der Waals surface area contributed by atoms with E-state index >= 15 is 0 Å². The zero-order valence-electron chi connectivity index (χ0n) is 6.08. The van der Waals surface area contributed by atoms with E-state index in [1.54, 1.807) is 0 Å². The average Bonchev–Trinajstić information content (AvgIpc) is 2.30. The number of hydrogen-bond acceptors (Lipinski definition) is 3. The van der Waals surface area contributed by atoms with Crippen LogP contribution < -0.4 is 0 Å². The molecule has 0 N–H and O–H groups in total. The first-order valence-corrected chi connectivity index (χ1v) is 3.80. The zero-order valence-corrected chi connectivity index (χ0v) is 6.08. The lowest BCUT2D eigenvalue weighted by Gasteiger charge is -2.25. The van der Waals surface area contributed by atoms with Crippen LogP contribution in [-0.2, 0) is 14.3 Å². The summed E-state index contributed by atoms with van der Waals surface area (Å²) in [5.74, 6) is -1.15. The summed E-state index contributed by atoms with van der Waals surface area (Å²) in [5.41, 5.74) is 0. The summed E-state index contributed by atoms with van der Waals surface area (Å²) in [7, 11) is 0. The average molecular weight is 155 g/mol. The highest BCUT2D eigenvalue weighted by molar-refractivity contribution is 6.33. The van der Waals surface area contributed by atoms with Crippen molar-refractivity contribution in [3.05, 3.63) is 0 Å². The predicted octanol–water partition coefficient (Wildman–Crippen LogP) is -0.118. The Labute approximate surface area is 64.1 Å². The maximum atomic E-state index is 11.0. The molecule has 0 aromatic carbocycles. The lowest BCUT2D eigenvalue weighted by molar-refractivity contribution is -0.149. The number of amides is 1. The fourth-order valence-electron chi connectivity index (χ4n) is 1.55. The lowest BCUT2D eigenvalue weighted by atomic mass is 10.1. The Morgan fingerprint density at radius 1 is 1.36 bits per heavy atom. The van der Waals surface area contributed by atoms with Crippen molar-refractivity contribution in [2.24, 2.45) is 0 Å². The quantitative estimate of drug-likeness (QED) is 0.362. The summed E-state index contributed by atoms with van der Waals surface area (Å²) in [5, 5.41) is 0. The smallest absolute Gasteiger partial charge is 0.399 e. The van der Waals surface area contributed by atoms with Crippen molar-refractivity contribution >= 4 is 11.9 Å². The van der Waals surface area contributed by atoms with Gasteiger partial charge in [0.15, 0.2) is 6.23 Å². The molecule has 2 aliphatic rings. The van der Waals surface area contributed by atoms with Crippen LogP contribution in [0.5, 0.6) is 0 Å². The molecule has 0 aliphatic carbocycles. The highest BCUT2D eigenvalue weighted by atomic mass is 16.6. The Hall–Kier alpha value is -1.06. The van der Waals surface area contributed by atoms with Crippen LogP contribution in [0.4, 0.5) is 0 Å². The van der Waals surface area contributed by atoms with Crippen LogP contribution >= 0.6 is 0 Å². The largest absolute Gasteiger partial charge is 0.434 e. The van der Waals surface area contributed by atoms with Crippen molar-refractivity contribution in [1.29, 1.82) is 0 Å². The summed E-state index contributed by atoms with van der Waals surface area (Å²) < 4.78 is 4.81. The van der Waals surface area contributed by atoms with Gasteiger partial charge in [-0.05, 0) is 12.8 Å². The molecule has 2 heterocycles. The van der Waals surface area contributed by atoms with Crippen LogP contribution in [0.15, 0.2) is 0 Å². The van der Waals surface area contributed by atoms with Crippen molar-refractivity contribution in [1.82, 2.24) is 4.90 Å². The highest BCUT2D eigenvalue weighted by Crippen LogP contribution is 2.23. The van der Waals surface area contributed by atoms with Crippen LogP contribution in [-0.4, -0.2) is 29.5 Å². The highest BCUT2D eigenvalue weighted by Gasteiger charge is 2.41. The fraction of sp³-hybridized carbons (Fsp3) is 0.714. The SMILES string of the molecule is O=C1OC2CCCCN2C1=O. The maximum absolute atomic E-state index is 11.0. The Kier molecular flexibility index (Phi) is 1.34. The molecule has 1 unspecified atom stereocenters. The number of nitrogens with zero attached hydrogens (tertiary/aromatic N) is 1. The second-order valence-electron chi connectivity index (χ2n) is 2.85. The molecule has 2 aliphatic heterocycles. The molecule has 0 spiro atoms. The predicted molar refractivity (Wildman–Crippen MR) is 35.4 cm³/mol. The van der Waals surface area contributed by atoms with Gasteiger partial charge < -0.3 is 4.74 Å². The molecule has 2 saturated heterocycles.